The summed E-state index contributed by atoms with van der Waals surface area (Å²) < 4.78 is 32.6. The molecule has 29 heavy (non-hydrogen) atoms. The van der Waals surface area contributed by atoms with Gasteiger partial charge in [-0.1, -0.05) is 37.1 Å². The Balaban J connectivity index is 1.64. The Morgan fingerprint density at radius 1 is 1.03 bits per heavy atom. The lowest BCUT2D eigenvalue weighted by Gasteiger charge is -2.17. The third-order valence-electron chi connectivity index (χ3n) is 4.76. The van der Waals surface area contributed by atoms with E-state index in [0.29, 0.717) is 0 Å². The second-order valence-electron chi connectivity index (χ2n) is 7.04. The number of anilines is 1. The number of esters is 1. The summed E-state index contributed by atoms with van der Waals surface area (Å²) in [5.74, 6) is -1.02. The van der Waals surface area contributed by atoms with Gasteiger partial charge in [0.1, 0.15) is 0 Å². The lowest BCUT2D eigenvalue weighted by atomic mass is 10.2. The molecule has 3 rings (SSSR count). The molecule has 0 spiro atoms. The number of sulfonamides is 1. The van der Waals surface area contributed by atoms with E-state index in [4.69, 9.17) is 4.74 Å². The first-order valence-electron chi connectivity index (χ1n) is 9.54. The Labute approximate surface area is 170 Å². The van der Waals surface area contributed by atoms with Crippen molar-refractivity contribution in [3.63, 3.8) is 0 Å². The third kappa shape index (κ3) is 5.57. The highest BCUT2D eigenvalue weighted by Gasteiger charge is 2.24. The number of ether oxygens (including phenoxy) is 1. The number of carbonyl (C=O) groups excluding carboxylic acids is 2. The van der Waals surface area contributed by atoms with Crippen molar-refractivity contribution in [1.29, 1.82) is 0 Å². The highest BCUT2D eigenvalue weighted by Crippen LogP contribution is 2.19. The van der Waals surface area contributed by atoms with E-state index in [2.05, 4.69) is 10.0 Å². The van der Waals surface area contributed by atoms with Crippen molar-refractivity contribution in [2.45, 2.75) is 49.6 Å². The maximum atomic E-state index is 12.4. The highest BCUT2D eigenvalue weighted by molar-refractivity contribution is 7.92. The van der Waals surface area contributed by atoms with Crippen LogP contribution in [0.15, 0.2) is 59.5 Å². The van der Waals surface area contributed by atoms with Crippen LogP contribution in [-0.4, -0.2) is 32.4 Å². The molecule has 0 aliphatic heterocycles. The number of nitrogens with one attached hydrogen (secondary N) is 2. The van der Waals surface area contributed by atoms with Crippen LogP contribution in [0.2, 0.25) is 0 Å². The van der Waals surface area contributed by atoms with E-state index in [1.807, 2.05) is 0 Å². The fourth-order valence-electron chi connectivity index (χ4n) is 3.19. The first-order valence-corrected chi connectivity index (χ1v) is 11.0. The second kappa shape index (κ2) is 9.09. The van der Waals surface area contributed by atoms with Gasteiger partial charge in [0.05, 0.1) is 10.5 Å². The molecule has 1 amide bonds. The van der Waals surface area contributed by atoms with Crippen molar-refractivity contribution in [2.75, 3.05) is 4.72 Å². The molecule has 0 aromatic heterocycles. The van der Waals surface area contributed by atoms with Gasteiger partial charge in [-0.2, -0.15) is 0 Å². The summed E-state index contributed by atoms with van der Waals surface area (Å²) in [7, 11) is -3.77. The maximum Gasteiger partial charge on any atom is 0.338 e. The number of rotatable bonds is 7. The van der Waals surface area contributed by atoms with E-state index in [0.717, 1.165) is 25.7 Å². The van der Waals surface area contributed by atoms with Gasteiger partial charge >= 0.3 is 5.97 Å². The SMILES string of the molecule is C[C@@H](OC(=O)c1cccc(NS(=O)(=O)c2ccccc2)c1)C(=O)NC1CCCC1. The van der Waals surface area contributed by atoms with E-state index in [1.165, 1.54) is 37.3 Å². The smallest absolute Gasteiger partial charge is 0.338 e. The zero-order valence-electron chi connectivity index (χ0n) is 16.1. The number of hydrogen-bond donors (Lipinski definition) is 2. The normalized spacial score (nSPS) is 15.5. The molecule has 8 heteroatoms. The van der Waals surface area contributed by atoms with E-state index in [9.17, 15) is 18.0 Å². The molecule has 2 aromatic carbocycles. The number of amides is 1. The monoisotopic (exact) mass is 416 g/mol. The van der Waals surface area contributed by atoms with Gasteiger partial charge in [0.25, 0.3) is 15.9 Å². The average Bonchev–Trinajstić information content (AvgIpc) is 3.21. The fraction of sp³-hybridized carbons (Fsp3) is 0.333. The molecular formula is C21H24N2O5S. The van der Waals surface area contributed by atoms with Gasteiger partial charge < -0.3 is 10.1 Å². The van der Waals surface area contributed by atoms with Crippen molar-refractivity contribution >= 4 is 27.6 Å². The Bertz CT molecular complexity index is 970. The molecular weight excluding hydrogens is 392 g/mol. The van der Waals surface area contributed by atoms with Gasteiger partial charge in [-0.15, -0.1) is 0 Å². The molecule has 0 bridgehead atoms. The quantitative estimate of drug-likeness (QED) is 0.676. The summed E-state index contributed by atoms with van der Waals surface area (Å²) in [6, 6.07) is 14.0. The van der Waals surface area contributed by atoms with Crippen LogP contribution in [0.4, 0.5) is 5.69 Å². The van der Waals surface area contributed by atoms with Crippen LogP contribution >= 0.6 is 0 Å². The largest absolute Gasteiger partial charge is 0.449 e. The van der Waals surface area contributed by atoms with Crippen LogP contribution in [0.1, 0.15) is 43.0 Å². The maximum absolute atomic E-state index is 12.4. The second-order valence-corrected chi connectivity index (χ2v) is 8.72. The highest BCUT2D eigenvalue weighted by atomic mass is 32.2. The van der Waals surface area contributed by atoms with E-state index in [-0.39, 0.29) is 28.1 Å². The van der Waals surface area contributed by atoms with Gasteiger partial charge in [0.15, 0.2) is 6.10 Å². The first kappa shape index (κ1) is 20.9. The molecule has 0 unspecified atom stereocenters. The predicted octanol–water partition coefficient (Wildman–Crippen LogP) is 3.09. The van der Waals surface area contributed by atoms with E-state index >= 15 is 0 Å². The Morgan fingerprint density at radius 3 is 2.41 bits per heavy atom. The van der Waals surface area contributed by atoms with Crippen molar-refractivity contribution in [3.8, 4) is 0 Å². The lowest BCUT2D eigenvalue weighted by Crippen LogP contribution is -2.40. The van der Waals surface area contributed by atoms with Crippen molar-refractivity contribution in [3.05, 3.63) is 60.2 Å². The molecule has 0 radical (unpaired) electrons. The summed E-state index contributed by atoms with van der Waals surface area (Å²) in [5, 5.41) is 2.89. The standard InChI is InChI=1S/C21H24N2O5S/c1-15(20(24)22-17-9-5-6-10-17)28-21(25)16-8-7-11-18(14-16)23-29(26,27)19-12-3-2-4-13-19/h2-4,7-8,11-15,17,23H,5-6,9-10H2,1H3,(H,22,24)/t15-/m1/s1. The molecule has 2 aromatic rings. The lowest BCUT2D eigenvalue weighted by molar-refractivity contribution is -0.129. The molecule has 154 valence electrons. The topological polar surface area (TPSA) is 102 Å². The molecule has 0 saturated heterocycles. The fourth-order valence-corrected chi connectivity index (χ4v) is 4.26. The molecule has 2 N–H and O–H groups in total. The summed E-state index contributed by atoms with van der Waals surface area (Å²) in [6.45, 7) is 1.52. The van der Waals surface area contributed by atoms with Gasteiger partial charge in [0.2, 0.25) is 0 Å². The molecule has 1 aliphatic rings. The summed E-state index contributed by atoms with van der Waals surface area (Å²) >= 11 is 0. The van der Waals surface area contributed by atoms with E-state index < -0.39 is 22.1 Å². The van der Waals surface area contributed by atoms with Gasteiger partial charge in [0, 0.05) is 11.7 Å². The molecule has 1 atom stereocenters. The number of carbonyl (C=O) groups is 2. The van der Waals surface area contributed by atoms with Crippen LogP contribution in [0.25, 0.3) is 0 Å². The summed E-state index contributed by atoms with van der Waals surface area (Å²) in [6.07, 6.45) is 3.12. The molecule has 1 aliphatic carbocycles. The summed E-state index contributed by atoms with van der Waals surface area (Å²) in [5.41, 5.74) is 0.380. The van der Waals surface area contributed by atoms with Gasteiger partial charge in [-0.3, -0.25) is 9.52 Å². The van der Waals surface area contributed by atoms with E-state index in [1.54, 1.807) is 24.3 Å². The molecule has 1 fully saturated rings. The van der Waals surface area contributed by atoms with Crippen molar-refractivity contribution in [1.82, 2.24) is 5.32 Å². The van der Waals surface area contributed by atoms with Crippen LogP contribution in [0.5, 0.6) is 0 Å². The van der Waals surface area contributed by atoms with Gasteiger partial charge in [-0.25, -0.2) is 13.2 Å². The minimum atomic E-state index is -3.77. The third-order valence-corrected chi connectivity index (χ3v) is 6.16. The average molecular weight is 416 g/mol. The minimum Gasteiger partial charge on any atom is -0.449 e. The minimum absolute atomic E-state index is 0.116. The first-order chi connectivity index (χ1) is 13.8. The molecule has 7 nitrogen and oxygen atoms in total. The molecule has 1 saturated carbocycles. The Morgan fingerprint density at radius 2 is 1.72 bits per heavy atom. The number of hydrogen-bond acceptors (Lipinski definition) is 5. The molecule has 0 heterocycles. The van der Waals surface area contributed by atoms with Crippen LogP contribution in [0, 0.1) is 0 Å². The van der Waals surface area contributed by atoms with Crippen LogP contribution in [-0.2, 0) is 19.6 Å². The van der Waals surface area contributed by atoms with Crippen LogP contribution in [0.3, 0.4) is 0 Å². The zero-order valence-corrected chi connectivity index (χ0v) is 16.9. The Kier molecular flexibility index (Phi) is 6.53. The predicted molar refractivity (Wildman–Crippen MR) is 109 cm³/mol. The Hall–Kier alpha value is -2.87. The summed E-state index contributed by atoms with van der Waals surface area (Å²) in [4.78, 5) is 24.7. The van der Waals surface area contributed by atoms with Gasteiger partial charge in [-0.05, 0) is 50.1 Å². The van der Waals surface area contributed by atoms with Crippen molar-refractivity contribution in [2.24, 2.45) is 0 Å². The van der Waals surface area contributed by atoms with Crippen molar-refractivity contribution < 1.29 is 22.7 Å². The number of benzene rings is 2. The zero-order chi connectivity index (χ0) is 20.9. The van der Waals surface area contributed by atoms with Crippen LogP contribution < -0.4 is 10.0 Å².